The summed E-state index contributed by atoms with van der Waals surface area (Å²) in [4.78, 5) is 0. The molecule has 0 bridgehead atoms. The Hall–Kier alpha value is -0.500. The Morgan fingerprint density at radius 1 is 1.62 bits per heavy atom. The first kappa shape index (κ1) is 5.63. The Kier molecular flexibility index (Phi) is 1.92. The number of rotatable bonds is 0. The van der Waals surface area contributed by atoms with Crippen LogP contribution in [-0.4, -0.2) is 17.8 Å². The third kappa shape index (κ3) is 1.54. The largest absolute Gasteiger partial charge is 0.391 e. The molecule has 0 fully saturated rings. The molecule has 2 nitrogen and oxygen atoms in total. The third-order valence-electron chi connectivity index (χ3n) is 1.26. The Morgan fingerprint density at radius 3 is 3.38 bits per heavy atom. The highest BCUT2D eigenvalue weighted by Crippen LogP contribution is 1.99. The van der Waals surface area contributed by atoms with Gasteiger partial charge in [0.15, 0.2) is 0 Å². The average molecular weight is 113 g/mol. The molecule has 2 N–H and O–H groups in total. The molecule has 0 amide bonds. The second-order valence-corrected chi connectivity index (χ2v) is 2.04. The highest BCUT2D eigenvalue weighted by atomic mass is 16.3. The molecule has 0 aromatic carbocycles. The molecule has 1 aliphatic rings. The minimum absolute atomic E-state index is 0.148. The maximum Gasteiger partial charge on any atom is 0.0715 e. The van der Waals surface area contributed by atoms with E-state index in [4.69, 9.17) is 5.11 Å². The highest BCUT2D eigenvalue weighted by molar-refractivity contribution is 4.84. The van der Waals surface area contributed by atoms with E-state index in [2.05, 4.69) is 5.32 Å². The van der Waals surface area contributed by atoms with Crippen LogP contribution in [0.5, 0.6) is 0 Å². The molecule has 46 valence electrons. The second kappa shape index (κ2) is 2.72. The lowest BCUT2D eigenvalue weighted by Gasteiger charge is -2.03. The van der Waals surface area contributed by atoms with Crippen molar-refractivity contribution >= 4 is 0 Å². The fourth-order valence-electron chi connectivity index (χ4n) is 0.761. The summed E-state index contributed by atoms with van der Waals surface area (Å²) in [5.41, 5.74) is 0. The van der Waals surface area contributed by atoms with Gasteiger partial charge < -0.3 is 10.4 Å². The highest BCUT2D eigenvalue weighted by Gasteiger charge is 2.01. The van der Waals surface area contributed by atoms with Gasteiger partial charge in [-0.15, -0.1) is 0 Å². The van der Waals surface area contributed by atoms with Gasteiger partial charge in [0.25, 0.3) is 0 Å². The number of allylic oxidation sites excluding steroid dienone is 1. The van der Waals surface area contributed by atoms with Crippen molar-refractivity contribution in [2.45, 2.75) is 18.9 Å². The van der Waals surface area contributed by atoms with E-state index in [-0.39, 0.29) is 6.10 Å². The Bertz CT molecular complexity index is 80.5. The molecule has 0 spiro atoms. The van der Waals surface area contributed by atoms with Crippen LogP contribution < -0.4 is 5.32 Å². The summed E-state index contributed by atoms with van der Waals surface area (Å²) in [5, 5.41) is 12.0. The van der Waals surface area contributed by atoms with Crippen LogP contribution in [0.15, 0.2) is 12.3 Å². The van der Waals surface area contributed by atoms with E-state index in [9.17, 15) is 0 Å². The Morgan fingerprint density at radius 2 is 2.50 bits per heavy atom. The molecule has 1 atom stereocenters. The number of β-amino-alcohol motifs (C(OH)–C–C–N with tert-alkyl or cyclic N) is 1. The third-order valence-corrected chi connectivity index (χ3v) is 1.26. The van der Waals surface area contributed by atoms with Crippen molar-refractivity contribution in [3.05, 3.63) is 12.3 Å². The van der Waals surface area contributed by atoms with Crippen molar-refractivity contribution in [1.29, 1.82) is 0 Å². The number of aliphatic hydroxyl groups excluding tert-OH is 1. The number of hydrogen-bond acceptors (Lipinski definition) is 2. The fourth-order valence-corrected chi connectivity index (χ4v) is 0.761. The van der Waals surface area contributed by atoms with Crippen LogP contribution in [0.25, 0.3) is 0 Å². The molecule has 1 aliphatic heterocycles. The van der Waals surface area contributed by atoms with Gasteiger partial charge in [-0.3, -0.25) is 0 Å². The maximum absolute atomic E-state index is 8.99. The molecule has 0 saturated carbocycles. The molecular formula is C6H11NO. The first-order valence-electron chi connectivity index (χ1n) is 2.96. The van der Waals surface area contributed by atoms with E-state index in [1.54, 1.807) is 0 Å². The number of nitrogens with one attached hydrogen (secondary N) is 1. The summed E-state index contributed by atoms with van der Waals surface area (Å²) in [6, 6.07) is 0. The van der Waals surface area contributed by atoms with Crippen molar-refractivity contribution < 1.29 is 5.11 Å². The number of hydrogen-bond donors (Lipinski definition) is 2. The van der Waals surface area contributed by atoms with E-state index in [0.29, 0.717) is 6.54 Å². The van der Waals surface area contributed by atoms with E-state index in [1.807, 2.05) is 12.3 Å². The standard InChI is InChI=1S/C6H11NO/c8-6-3-1-2-4-7-5-6/h2,4,6-8H,1,3,5H2/t6-/m0/s1. The lowest BCUT2D eigenvalue weighted by Crippen LogP contribution is -2.20. The quantitative estimate of drug-likeness (QED) is 0.472. The van der Waals surface area contributed by atoms with Gasteiger partial charge in [-0.2, -0.15) is 0 Å². The van der Waals surface area contributed by atoms with Gasteiger partial charge in [-0.1, -0.05) is 6.08 Å². The Labute approximate surface area is 49.2 Å². The summed E-state index contributed by atoms with van der Waals surface area (Å²) in [6.07, 6.45) is 5.68. The van der Waals surface area contributed by atoms with E-state index < -0.39 is 0 Å². The molecule has 8 heavy (non-hydrogen) atoms. The van der Waals surface area contributed by atoms with Gasteiger partial charge in [-0.05, 0) is 19.0 Å². The zero-order valence-electron chi connectivity index (χ0n) is 4.80. The number of aliphatic hydroxyl groups is 1. The molecule has 0 aromatic heterocycles. The average Bonchev–Trinajstić information content (AvgIpc) is 1.94. The normalized spacial score (nSPS) is 28.9. The zero-order valence-corrected chi connectivity index (χ0v) is 4.80. The summed E-state index contributed by atoms with van der Waals surface area (Å²) >= 11 is 0. The van der Waals surface area contributed by atoms with Crippen molar-refractivity contribution in [3.8, 4) is 0 Å². The molecule has 0 radical (unpaired) electrons. The first-order chi connectivity index (χ1) is 3.89. The topological polar surface area (TPSA) is 32.3 Å². The summed E-state index contributed by atoms with van der Waals surface area (Å²) in [6.45, 7) is 0.705. The molecular weight excluding hydrogens is 102 g/mol. The van der Waals surface area contributed by atoms with Gasteiger partial charge in [0.1, 0.15) is 0 Å². The van der Waals surface area contributed by atoms with Gasteiger partial charge in [0, 0.05) is 6.54 Å². The maximum atomic E-state index is 8.99. The summed E-state index contributed by atoms with van der Waals surface area (Å²) < 4.78 is 0. The lowest BCUT2D eigenvalue weighted by atomic mass is 10.2. The SMILES string of the molecule is O[C@H]1CCC=CNC1. The molecule has 0 unspecified atom stereocenters. The van der Waals surface area contributed by atoms with E-state index in [1.165, 1.54) is 0 Å². The van der Waals surface area contributed by atoms with Crippen LogP contribution in [0, 0.1) is 0 Å². The van der Waals surface area contributed by atoms with Crippen LogP contribution in [0.3, 0.4) is 0 Å². The minimum Gasteiger partial charge on any atom is -0.391 e. The Balaban J connectivity index is 2.28. The lowest BCUT2D eigenvalue weighted by molar-refractivity contribution is 0.170. The predicted molar refractivity (Wildman–Crippen MR) is 32.4 cm³/mol. The van der Waals surface area contributed by atoms with Crippen molar-refractivity contribution in [2.75, 3.05) is 6.54 Å². The van der Waals surface area contributed by atoms with Crippen LogP contribution >= 0.6 is 0 Å². The second-order valence-electron chi connectivity index (χ2n) is 2.04. The van der Waals surface area contributed by atoms with Gasteiger partial charge in [-0.25, -0.2) is 0 Å². The summed E-state index contributed by atoms with van der Waals surface area (Å²) in [7, 11) is 0. The van der Waals surface area contributed by atoms with Crippen molar-refractivity contribution in [2.24, 2.45) is 0 Å². The van der Waals surface area contributed by atoms with Crippen LogP contribution in [0.1, 0.15) is 12.8 Å². The van der Waals surface area contributed by atoms with E-state index in [0.717, 1.165) is 12.8 Å². The van der Waals surface area contributed by atoms with Gasteiger partial charge in [0.2, 0.25) is 0 Å². The molecule has 2 heteroatoms. The monoisotopic (exact) mass is 113 g/mol. The molecule has 1 rings (SSSR count). The molecule has 0 saturated heterocycles. The van der Waals surface area contributed by atoms with Gasteiger partial charge in [0.05, 0.1) is 6.10 Å². The van der Waals surface area contributed by atoms with E-state index >= 15 is 0 Å². The smallest absolute Gasteiger partial charge is 0.0715 e. The zero-order chi connectivity index (χ0) is 5.82. The predicted octanol–water partition coefficient (Wildman–Crippen LogP) is 0.244. The fraction of sp³-hybridized carbons (Fsp3) is 0.667. The molecule has 1 heterocycles. The van der Waals surface area contributed by atoms with Crippen LogP contribution in [0.4, 0.5) is 0 Å². The van der Waals surface area contributed by atoms with Crippen LogP contribution in [-0.2, 0) is 0 Å². The molecule has 0 aliphatic carbocycles. The molecule has 0 aromatic rings. The van der Waals surface area contributed by atoms with Gasteiger partial charge >= 0.3 is 0 Å². The first-order valence-corrected chi connectivity index (χ1v) is 2.96. The van der Waals surface area contributed by atoms with Crippen molar-refractivity contribution in [1.82, 2.24) is 5.32 Å². The minimum atomic E-state index is -0.148. The van der Waals surface area contributed by atoms with Crippen LogP contribution in [0.2, 0.25) is 0 Å². The van der Waals surface area contributed by atoms with Crippen molar-refractivity contribution in [3.63, 3.8) is 0 Å². The summed E-state index contributed by atoms with van der Waals surface area (Å²) in [5.74, 6) is 0.